The average Bonchev–Trinajstić information content (AvgIpc) is 3.20. The molecule has 0 amide bonds. The number of carbonyl (C=O) groups is 3. The number of epoxide rings is 1. The first-order chi connectivity index (χ1) is 14.2. The lowest BCUT2D eigenvalue weighted by atomic mass is 9.44. The Balaban J connectivity index is 1.50. The highest BCUT2D eigenvalue weighted by molar-refractivity contribution is 5.84. The Bertz CT molecular complexity index is 907. The van der Waals surface area contributed by atoms with E-state index >= 15 is 0 Å². The van der Waals surface area contributed by atoms with Crippen LogP contribution in [0.2, 0.25) is 0 Å². The van der Waals surface area contributed by atoms with Gasteiger partial charge in [-0.3, -0.25) is 14.4 Å². The van der Waals surface area contributed by atoms with Crippen molar-refractivity contribution >= 4 is 17.7 Å². The van der Waals surface area contributed by atoms with Crippen molar-refractivity contribution in [3.8, 4) is 0 Å². The van der Waals surface area contributed by atoms with Gasteiger partial charge in [0, 0.05) is 36.0 Å². The van der Waals surface area contributed by atoms with Gasteiger partial charge in [-0.25, -0.2) is 0 Å². The zero-order valence-electron chi connectivity index (χ0n) is 18.0. The molecule has 3 saturated carbocycles. The lowest BCUT2D eigenvalue weighted by molar-refractivity contribution is -0.169. The molecule has 162 valence electrons. The normalized spacial score (nSPS) is 53.2. The van der Waals surface area contributed by atoms with Crippen LogP contribution in [-0.2, 0) is 28.6 Å². The van der Waals surface area contributed by atoms with E-state index in [1.54, 1.807) is 0 Å². The number of ketones is 1. The van der Waals surface area contributed by atoms with E-state index in [0.29, 0.717) is 19.3 Å². The SMILES string of the molecule is COC(=O)[C@H]1C=C2CC(=O)CC[C@]2(C)[C@@]23O[C@@H]2C[C@@]2(C)C(CC[C@@]24CCC(=O)O4)C13. The van der Waals surface area contributed by atoms with Crippen LogP contribution >= 0.6 is 0 Å². The van der Waals surface area contributed by atoms with E-state index in [1.165, 1.54) is 7.11 Å². The first-order valence-electron chi connectivity index (χ1n) is 11.4. The van der Waals surface area contributed by atoms with Gasteiger partial charge in [0.05, 0.1) is 19.1 Å². The third-order valence-corrected chi connectivity index (χ3v) is 10.2. The summed E-state index contributed by atoms with van der Waals surface area (Å²) >= 11 is 0. The second kappa shape index (κ2) is 5.56. The van der Waals surface area contributed by atoms with E-state index in [0.717, 1.165) is 37.7 Å². The van der Waals surface area contributed by atoms with Gasteiger partial charge in [0.1, 0.15) is 17.0 Å². The Hall–Kier alpha value is -1.69. The molecule has 2 heterocycles. The quantitative estimate of drug-likeness (QED) is 0.372. The first kappa shape index (κ1) is 19.0. The highest BCUT2D eigenvalue weighted by Crippen LogP contribution is 2.77. The van der Waals surface area contributed by atoms with Crippen molar-refractivity contribution in [2.75, 3.05) is 7.11 Å². The minimum absolute atomic E-state index is 0.00525. The molecule has 0 radical (unpaired) electrons. The summed E-state index contributed by atoms with van der Waals surface area (Å²) in [5.74, 6) is -0.292. The largest absolute Gasteiger partial charge is 0.469 e. The number of methoxy groups -OCH3 is 1. The van der Waals surface area contributed by atoms with Crippen LogP contribution in [0.1, 0.15) is 65.2 Å². The molecule has 2 spiro atoms. The number of carbonyl (C=O) groups excluding carboxylic acids is 3. The summed E-state index contributed by atoms with van der Waals surface area (Å²) in [6.07, 6.45) is 7.74. The van der Waals surface area contributed by atoms with E-state index in [1.807, 2.05) is 0 Å². The molecule has 6 rings (SSSR count). The maximum absolute atomic E-state index is 13.0. The second-order valence-corrected chi connectivity index (χ2v) is 10.9. The van der Waals surface area contributed by atoms with Crippen molar-refractivity contribution in [3.05, 3.63) is 11.6 Å². The van der Waals surface area contributed by atoms with Gasteiger partial charge in [-0.1, -0.05) is 25.5 Å². The number of fused-ring (bicyclic) bond motifs is 4. The number of hydrogen-bond donors (Lipinski definition) is 0. The third kappa shape index (κ3) is 1.94. The Morgan fingerprint density at radius 2 is 1.97 bits per heavy atom. The number of esters is 2. The number of Topliss-reactive ketones (excluding diaryl/α,β-unsaturated/α-hetero) is 1. The predicted octanol–water partition coefficient (Wildman–Crippen LogP) is 3.12. The standard InChI is InChI=1S/C24H30O6/c1-21-7-4-14(25)10-13(21)11-15(20(27)28-3)19-16-5-8-23(9-6-18(26)30-23)22(16,2)12-17-24(19,21)29-17/h11,15-17,19H,4-10,12H2,1-3H3/t15-,16?,17+,19?,21-,22-,23+,24+/m0/s1. The molecule has 0 aromatic carbocycles. The summed E-state index contributed by atoms with van der Waals surface area (Å²) in [6.45, 7) is 4.50. The van der Waals surface area contributed by atoms with E-state index in [-0.39, 0.29) is 46.5 Å². The Kier molecular flexibility index (Phi) is 3.53. The molecular weight excluding hydrogens is 384 g/mol. The van der Waals surface area contributed by atoms with Crippen LogP contribution in [0, 0.1) is 28.6 Å². The Morgan fingerprint density at radius 1 is 1.17 bits per heavy atom. The van der Waals surface area contributed by atoms with Crippen molar-refractivity contribution in [3.63, 3.8) is 0 Å². The fourth-order valence-corrected chi connectivity index (χ4v) is 8.59. The molecule has 2 unspecified atom stereocenters. The molecule has 0 aromatic heterocycles. The minimum atomic E-state index is -0.430. The van der Waals surface area contributed by atoms with E-state index in [4.69, 9.17) is 14.2 Å². The van der Waals surface area contributed by atoms with E-state index in [2.05, 4.69) is 19.9 Å². The van der Waals surface area contributed by atoms with Gasteiger partial charge < -0.3 is 14.2 Å². The summed E-state index contributed by atoms with van der Waals surface area (Å²) < 4.78 is 17.9. The van der Waals surface area contributed by atoms with Gasteiger partial charge in [0.15, 0.2) is 0 Å². The number of ether oxygens (including phenoxy) is 3. The van der Waals surface area contributed by atoms with Crippen molar-refractivity contribution in [1.82, 2.24) is 0 Å². The summed E-state index contributed by atoms with van der Waals surface area (Å²) in [4.78, 5) is 37.4. The summed E-state index contributed by atoms with van der Waals surface area (Å²) in [6, 6.07) is 0. The van der Waals surface area contributed by atoms with Crippen LogP contribution in [0.25, 0.3) is 0 Å². The lowest BCUT2D eigenvalue weighted by Gasteiger charge is -2.57. The van der Waals surface area contributed by atoms with Gasteiger partial charge in [0.25, 0.3) is 0 Å². The predicted molar refractivity (Wildman–Crippen MR) is 105 cm³/mol. The molecule has 2 saturated heterocycles. The third-order valence-electron chi connectivity index (χ3n) is 10.2. The fraction of sp³-hybridized carbons (Fsp3) is 0.792. The maximum atomic E-state index is 13.0. The number of rotatable bonds is 1. The second-order valence-electron chi connectivity index (χ2n) is 10.9. The lowest BCUT2D eigenvalue weighted by Crippen LogP contribution is -2.62. The molecular formula is C24H30O6. The van der Waals surface area contributed by atoms with Crippen LogP contribution in [0.15, 0.2) is 11.6 Å². The molecule has 5 fully saturated rings. The summed E-state index contributed by atoms with van der Waals surface area (Å²) in [7, 11) is 1.44. The molecule has 6 nitrogen and oxygen atoms in total. The van der Waals surface area contributed by atoms with Gasteiger partial charge >= 0.3 is 11.9 Å². The summed E-state index contributed by atoms with van der Waals surface area (Å²) in [5, 5.41) is 0. The molecule has 0 N–H and O–H groups in total. The molecule has 0 bridgehead atoms. The van der Waals surface area contributed by atoms with Crippen molar-refractivity contribution in [1.29, 1.82) is 0 Å². The number of hydrogen-bond acceptors (Lipinski definition) is 6. The van der Waals surface area contributed by atoms with Crippen LogP contribution < -0.4 is 0 Å². The van der Waals surface area contributed by atoms with Crippen LogP contribution in [0.4, 0.5) is 0 Å². The topological polar surface area (TPSA) is 82.2 Å². The molecule has 0 aromatic rings. The van der Waals surface area contributed by atoms with Crippen LogP contribution in [0.5, 0.6) is 0 Å². The van der Waals surface area contributed by atoms with E-state index < -0.39 is 17.1 Å². The average molecular weight is 414 g/mol. The van der Waals surface area contributed by atoms with Gasteiger partial charge in [-0.2, -0.15) is 0 Å². The zero-order chi connectivity index (χ0) is 21.1. The first-order valence-corrected chi connectivity index (χ1v) is 11.4. The smallest absolute Gasteiger partial charge is 0.312 e. The molecule has 6 aliphatic rings. The molecule has 30 heavy (non-hydrogen) atoms. The maximum Gasteiger partial charge on any atom is 0.312 e. The molecule has 2 aliphatic heterocycles. The van der Waals surface area contributed by atoms with Crippen LogP contribution in [0.3, 0.4) is 0 Å². The van der Waals surface area contributed by atoms with Crippen LogP contribution in [-0.4, -0.2) is 42.1 Å². The minimum Gasteiger partial charge on any atom is -0.469 e. The zero-order valence-corrected chi connectivity index (χ0v) is 18.0. The molecule has 4 aliphatic carbocycles. The summed E-state index contributed by atoms with van der Waals surface area (Å²) in [5.41, 5.74) is -0.191. The van der Waals surface area contributed by atoms with E-state index in [9.17, 15) is 14.4 Å². The monoisotopic (exact) mass is 414 g/mol. The van der Waals surface area contributed by atoms with Gasteiger partial charge in [0.2, 0.25) is 0 Å². The highest BCUT2D eigenvalue weighted by atomic mass is 16.6. The van der Waals surface area contributed by atoms with Crippen molar-refractivity contribution < 1.29 is 28.6 Å². The van der Waals surface area contributed by atoms with Gasteiger partial charge in [-0.15, -0.1) is 0 Å². The highest BCUT2D eigenvalue weighted by Gasteiger charge is 2.83. The Morgan fingerprint density at radius 3 is 2.67 bits per heavy atom. The molecule has 6 heteroatoms. The van der Waals surface area contributed by atoms with Gasteiger partial charge in [-0.05, 0) is 38.0 Å². The molecule has 8 atom stereocenters. The van der Waals surface area contributed by atoms with Crippen molar-refractivity contribution in [2.45, 2.75) is 82.5 Å². The fourth-order valence-electron chi connectivity index (χ4n) is 8.59. The Labute approximate surface area is 176 Å². The van der Waals surface area contributed by atoms with Crippen molar-refractivity contribution in [2.24, 2.45) is 28.6 Å².